The largest absolute Gasteiger partial charge is 0.451 e. The molecule has 152 valence electrons. The second kappa shape index (κ2) is 8.82. The van der Waals surface area contributed by atoms with Crippen molar-refractivity contribution in [3.8, 4) is 0 Å². The minimum atomic E-state index is -0.718. The highest BCUT2D eigenvalue weighted by molar-refractivity contribution is 7.20. The normalized spacial score (nSPS) is 10.7. The highest BCUT2D eigenvalue weighted by atomic mass is 32.1. The second-order valence-corrected chi connectivity index (χ2v) is 7.21. The smallest absolute Gasteiger partial charge is 0.348 e. The summed E-state index contributed by atoms with van der Waals surface area (Å²) in [4.78, 5) is 36.3. The number of hydrogen-bond acceptors (Lipinski definition) is 6. The number of imide groups is 1. The quantitative estimate of drug-likeness (QED) is 0.599. The van der Waals surface area contributed by atoms with E-state index in [2.05, 4.69) is 15.7 Å². The summed E-state index contributed by atoms with van der Waals surface area (Å²) in [5.74, 6) is -1.69. The first-order valence-electron chi connectivity index (χ1n) is 8.83. The zero-order chi connectivity index (χ0) is 21.0. The van der Waals surface area contributed by atoms with E-state index in [-0.39, 0.29) is 5.82 Å². The van der Waals surface area contributed by atoms with Crippen LogP contribution in [0.5, 0.6) is 0 Å². The Balaban J connectivity index is 1.69. The van der Waals surface area contributed by atoms with Crippen LogP contribution in [0, 0.1) is 12.7 Å². The van der Waals surface area contributed by atoms with Crippen LogP contribution >= 0.6 is 11.3 Å². The van der Waals surface area contributed by atoms with E-state index in [4.69, 9.17) is 4.74 Å². The molecule has 0 spiro atoms. The summed E-state index contributed by atoms with van der Waals surface area (Å²) >= 11 is 1.19. The fraction of sp³-hybridized carbons (Fsp3) is 0.263. The van der Waals surface area contributed by atoms with Gasteiger partial charge in [-0.2, -0.15) is 5.10 Å². The van der Waals surface area contributed by atoms with Crippen molar-refractivity contribution in [2.24, 2.45) is 0 Å². The Hall–Kier alpha value is -3.27. The van der Waals surface area contributed by atoms with Crippen LogP contribution in [0.2, 0.25) is 0 Å². The van der Waals surface area contributed by atoms with Gasteiger partial charge in [-0.1, -0.05) is 12.1 Å². The minimum absolute atomic E-state index is 0.312. The second-order valence-electron chi connectivity index (χ2n) is 6.18. The topological polar surface area (TPSA) is 102 Å². The van der Waals surface area contributed by atoms with Gasteiger partial charge in [0.05, 0.1) is 12.2 Å². The third kappa shape index (κ3) is 4.96. The van der Waals surface area contributed by atoms with Gasteiger partial charge < -0.3 is 10.1 Å². The van der Waals surface area contributed by atoms with Gasteiger partial charge in [-0.25, -0.2) is 14.0 Å². The Morgan fingerprint density at radius 3 is 2.66 bits per heavy atom. The van der Waals surface area contributed by atoms with Gasteiger partial charge in [0.2, 0.25) is 0 Å². The number of amides is 3. The standard InChI is InChI=1S/C19H19FN4O4S/c1-3-21-19(27)22-16(25)10-28-18(26)15-8-14-11(2)23-24(17(14)29-15)9-12-4-6-13(20)7-5-12/h4-8H,3,9-10H2,1-2H3,(H2,21,22,25,27). The van der Waals surface area contributed by atoms with Crippen LogP contribution in [0.3, 0.4) is 0 Å². The van der Waals surface area contributed by atoms with E-state index in [1.165, 1.54) is 23.5 Å². The molecule has 0 saturated heterocycles. The summed E-state index contributed by atoms with van der Waals surface area (Å²) in [6.07, 6.45) is 0. The fourth-order valence-electron chi connectivity index (χ4n) is 2.65. The summed E-state index contributed by atoms with van der Waals surface area (Å²) in [5, 5.41) is 9.73. The summed E-state index contributed by atoms with van der Waals surface area (Å²) in [7, 11) is 0. The molecule has 0 aliphatic heterocycles. The number of aryl methyl sites for hydroxylation is 1. The summed E-state index contributed by atoms with van der Waals surface area (Å²) < 4.78 is 19.8. The van der Waals surface area contributed by atoms with Gasteiger partial charge in [0.1, 0.15) is 15.5 Å². The third-order valence-electron chi connectivity index (χ3n) is 3.98. The number of aromatic nitrogens is 2. The molecule has 0 radical (unpaired) electrons. The maximum Gasteiger partial charge on any atom is 0.348 e. The molecule has 29 heavy (non-hydrogen) atoms. The molecule has 3 amide bonds. The number of esters is 1. The van der Waals surface area contributed by atoms with Crippen LogP contribution in [0.4, 0.5) is 9.18 Å². The Kier molecular flexibility index (Phi) is 6.23. The maximum atomic E-state index is 13.1. The van der Waals surface area contributed by atoms with Crippen LogP contribution in [-0.4, -0.2) is 40.8 Å². The molecule has 0 saturated carbocycles. The first-order chi connectivity index (χ1) is 13.9. The number of benzene rings is 1. The van der Waals surface area contributed by atoms with E-state index in [1.807, 2.05) is 6.92 Å². The molecule has 0 aliphatic rings. The number of nitrogens with zero attached hydrogens (tertiary/aromatic N) is 2. The molecule has 2 aromatic heterocycles. The lowest BCUT2D eigenvalue weighted by molar-refractivity contribution is -0.123. The number of nitrogens with one attached hydrogen (secondary N) is 2. The summed E-state index contributed by atoms with van der Waals surface area (Å²) in [6.45, 7) is 3.77. The number of carbonyl (C=O) groups is 3. The molecule has 0 fully saturated rings. The van der Waals surface area contributed by atoms with Gasteiger partial charge >= 0.3 is 12.0 Å². The molecule has 3 rings (SSSR count). The molecule has 0 unspecified atom stereocenters. The predicted molar refractivity (Wildman–Crippen MR) is 105 cm³/mol. The predicted octanol–water partition coefficient (Wildman–Crippen LogP) is 2.60. The monoisotopic (exact) mass is 418 g/mol. The minimum Gasteiger partial charge on any atom is -0.451 e. The average Bonchev–Trinajstić information content (AvgIpc) is 3.23. The van der Waals surface area contributed by atoms with Crippen molar-refractivity contribution in [3.05, 3.63) is 52.3 Å². The van der Waals surface area contributed by atoms with E-state index in [0.717, 1.165) is 21.5 Å². The zero-order valence-electron chi connectivity index (χ0n) is 15.8. The molecule has 1 aromatic carbocycles. The SMILES string of the molecule is CCNC(=O)NC(=O)COC(=O)c1cc2c(C)nn(Cc3ccc(F)cc3)c2s1. The number of thiophene rings is 1. The number of halogens is 1. The van der Waals surface area contributed by atoms with Crippen molar-refractivity contribution >= 4 is 39.5 Å². The van der Waals surface area contributed by atoms with Gasteiger partial charge in [0.15, 0.2) is 6.61 Å². The number of urea groups is 1. The molecule has 8 nitrogen and oxygen atoms in total. The molecular weight excluding hydrogens is 399 g/mol. The van der Waals surface area contributed by atoms with Crippen molar-refractivity contribution in [1.29, 1.82) is 0 Å². The number of rotatable bonds is 6. The number of fused-ring (bicyclic) bond motifs is 1. The van der Waals surface area contributed by atoms with Gasteiger partial charge in [-0.05, 0) is 37.6 Å². The lowest BCUT2D eigenvalue weighted by Gasteiger charge is -2.05. The van der Waals surface area contributed by atoms with Crippen LogP contribution in [-0.2, 0) is 16.1 Å². The van der Waals surface area contributed by atoms with Crippen LogP contribution in [0.15, 0.2) is 30.3 Å². The number of hydrogen-bond donors (Lipinski definition) is 2. The molecule has 2 heterocycles. The van der Waals surface area contributed by atoms with Crippen molar-refractivity contribution in [2.75, 3.05) is 13.2 Å². The third-order valence-corrected chi connectivity index (χ3v) is 5.11. The Bertz CT molecular complexity index is 1060. The van der Waals surface area contributed by atoms with Crippen molar-refractivity contribution in [2.45, 2.75) is 20.4 Å². The van der Waals surface area contributed by atoms with Gasteiger partial charge in [-0.3, -0.25) is 14.8 Å². The molecule has 0 aliphatic carbocycles. The molecule has 0 bridgehead atoms. The van der Waals surface area contributed by atoms with Crippen molar-refractivity contribution in [1.82, 2.24) is 20.4 Å². The van der Waals surface area contributed by atoms with E-state index in [1.54, 1.807) is 29.8 Å². The average molecular weight is 418 g/mol. The van der Waals surface area contributed by atoms with Crippen LogP contribution in [0.25, 0.3) is 10.2 Å². The van der Waals surface area contributed by atoms with E-state index in [9.17, 15) is 18.8 Å². The Labute approximate surface area is 169 Å². The first kappa shape index (κ1) is 20.5. The van der Waals surface area contributed by atoms with E-state index < -0.39 is 24.5 Å². The highest BCUT2D eigenvalue weighted by Gasteiger charge is 2.19. The van der Waals surface area contributed by atoms with Gasteiger partial charge in [0, 0.05) is 11.9 Å². The maximum absolute atomic E-state index is 13.1. The number of carbonyl (C=O) groups excluding carboxylic acids is 3. The first-order valence-corrected chi connectivity index (χ1v) is 9.65. The Morgan fingerprint density at radius 1 is 1.24 bits per heavy atom. The van der Waals surface area contributed by atoms with Crippen LogP contribution in [0.1, 0.15) is 27.9 Å². The van der Waals surface area contributed by atoms with E-state index >= 15 is 0 Å². The number of ether oxygens (including phenoxy) is 1. The lowest BCUT2D eigenvalue weighted by Crippen LogP contribution is -2.41. The van der Waals surface area contributed by atoms with E-state index in [0.29, 0.717) is 18.0 Å². The van der Waals surface area contributed by atoms with Crippen molar-refractivity contribution in [3.63, 3.8) is 0 Å². The Morgan fingerprint density at radius 2 is 1.97 bits per heavy atom. The summed E-state index contributed by atoms with van der Waals surface area (Å²) in [5.41, 5.74) is 1.61. The summed E-state index contributed by atoms with van der Waals surface area (Å²) in [6, 6.07) is 7.13. The lowest BCUT2D eigenvalue weighted by atomic mass is 10.2. The van der Waals surface area contributed by atoms with Gasteiger partial charge in [-0.15, -0.1) is 11.3 Å². The van der Waals surface area contributed by atoms with Crippen molar-refractivity contribution < 1.29 is 23.5 Å². The molecule has 0 atom stereocenters. The van der Waals surface area contributed by atoms with Crippen LogP contribution < -0.4 is 10.6 Å². The molecule has 2 N–H and O–H groups in total. The van der Waals surface area contributed by atoms with Gasteiger partial charge in [0.25, 0.3) is 5.91 Å². The zero-order valence-corrected chi connectivity index (χ0v) is 16.6. The molecule has 10 heteroatoms. The highest BCUT2D eigenvalue weighted by Crippen LogP contribution is 2.29. The fourth-order valence-corrected chi connectivity index (χ4v) is 3.71. The molecular formula is C19H19FN4O4S. The molecule has 3 aromatic rings.